The van der Waals surface area contributed by atoms with Crippen molar-refractivity contribution in [2.75, 3.05) is 11.2 Å². The van der Waals surface area contributed by atoms with E-state index in [0.717, 1.165) is 11.4 Å². The molecular formula is C13H11ClN4O2S. The van der Waals surface area contributed by atoms with E-state index < -0.39 is 0 Å². The van der Waals surface area contributed by atoms with Gasteiger partial charge in [0.25, 0.3) is 0 Å². The molecule has 0 saturated heterocycles. The van der Waals surface area contributed by atoms with Crippen molar-refractivity contribution in [1.29, 1.82) is 0 Å². The Morgan fingerprint density at radius 1 is 1.57 bits per heavy atom. The first-order chi connectivity index (χ1) is 10.2. The van der Waals surface area contributed by atoms with Crippen LogP contribution in [0.25, 0.3) is 16.6 Å². The van der Waals surface area contributed by atoms with Crippen molar-refractivity contribution < 1.29 is 9.21 Å². The Labute approximate surface area is 129 Å². The topological polar surface area (TPSA) is 73.0 Å². The van der Waals surface area contributed by atoms with E-state index in [1.807, 2.05) is 18.4 Å². The van der Waals surface area contributed by atoms with Gasteiger partial charge in [-0.2, -0.15) is 9.78 Å². The number of hydrogen-bond acceptors (Lipinski definition) is 5. The minimum absolute atomic E-state index is 0.111. The molecule has 0 atom stereocenters. The molecule has 3 aromatic rings. The summed E-state index contributed by atoms with van der Waals surface area (Å²) >= 11 is 6.92. The van der Waals surface area contributed by atoms with Crippen molar-refractivity contribution in [3.05, 3.63) is 35.5 Å². The number of rotatable bonds is 4. The van der Waals surface area contributed by atoms with E-state index in [-0.39, 0.29) is 11.8 Å². The predicted molar refractivity (Wildman–Crippen MR) is 81.0 cm³/mol. The van der Waals surface area contributed by atoms with E-state index >= 15 is 0 Å². The molecule has 1 amide bonds. The van der Waals surface area contributed by atoms with E-state index in [1.165, 1.54) is 11.3 Å². The van der Waals surface area contributed by atoms with Crippen LogP contribution >= 0.6 is 22.9 Å². The number of thiazole rings is 1. The quantitative estimate of drug-likeness (QED) is 0.749. The molecule has 0 fully saturated rings. The number of halogens is 1. The third-order valence-electron chi connectivity index (χ3n) is 2.67. The Balaban J connectivity index is 1.95. The molecule has 3 heterocycles. The summed E-state index contributed by atoms with van der Waals surface area (Å²) in [6.45, 7) is 1.84. The SMILES string of the molecule is Cc1cc(NC(=O)CCl)n(-c2nc(-c3ccco3)cs2)n1. The number of nitrogens with one attached hydrogen (secondary N) is 1. The van der Waals surface area contributed by atoms with Crippen LogP contribution in [0.3, 0.4) is 0 Å². The minimum Gasteiger partial charge on any atom is -0.463 e. The van der Waals surface area contributed by atoms with Crippen molar-refractivity contribution in [3.8, 4) is 16.6 Å². The van der Waals surface area contributed by atoms with Crippen LogP contribution in [0, 0.1) is 6.92 Å². The van der Waals surface area contributed by atoms with E-state index in [1.54, 1.807) is 23.1 Å². The third-order valence-corrected chi connectivity index (χ3v) is 3.73. The van der Waals surface area contributed by atoms with Crippen LogP contribution in [0.4, 0.5) is 5.82 Å². The Bertz CT molecular complexity index is 763. The zero-order valence-electron chi connectivity index (χ0n) is 11.0. The molecule has 0 aliphatic rings. The zero-order valence-corrected chi connectivity index (χ0v) is 12.6. The zero-order chi connectivity index (χ0) is 14.8. The number of carbonyl (C=O) groups excluding carboxylic acids is 1. The smallest absolute Gasteiger partial charge is 0.240 e. The first kappa shape index (κ1) is 13.8. The summed E-state index contributed by atoms with van der Waals surface area (Å²) in [5, 5.41) is 9.55. The number of aryl methyl sites for hydroxylation is 1. The Morgan fingerprint density at radius 3 is 3.14 bits per heavy atom. The molecule has 0 aromatic carbocycles. The second-order valence-corrected chi connectivity index (χ2v) is 5.36. The van der Waals surface area contributed by atoms with Gasteiger partial charge in [0.1, 0.15) is 17.4 Å². The van der Waals surface area contributed by atoms with Gasteiger partial charge < -0.3 is 9.73 Å². The van der Waals surface area contributed by atoms with Crippen LogP contribution in [-0.2, 0) is 4.79 Å². The Morgan fingerprint density at radius 2 is 2.43 bits per heavy atom. The lowest BCUT2D eigenvalue weighted by Gasteiger charge is -2.04. The molecule has 0 spiro atoms. The molecule has 8 heteroatoms. The summed E-state index contributed by atoms with van der Waals surface area (Å²) in [7, 11) is 0. The maximum atomic E-state index is 11.4. The van der Waals surface area contributed by atoms with Crippen molar-refractivity contribution in [2.24, 2.45) is 0 Å². The normalized spacial score (nSPS) is 10.8. The monoisotopic (exact) mass is 322 g/mol. The van der Waals surface area contributed by atoms with Crippen molar-refractivity contribution in [3.63, 3.8) is 0 Å². The Kier molecular flexibility index (Phi) is 3.76. The summed E-state index contributed by atoms with van der Waals surface area (Å²) in [4.78, 5) is 15.9. The summed E-state index contributed by atoms with van der Waals surface area (Å²) in [6, 6.07) is 5.40. The average Bonchev–Trinajstić information content (AvgIpc) is 3.17. The molecule has 21 heavy (non-hydrogen) atoms. The van der Waals surface area contributed by atoms with Crippen molar-refractivity contribution >= 4 is 34.7 Å². The van der Waals surface area contributed by atoms with Crippen LogP contribution in [0.5, 0.6) is 0 Å². The molecule has 0 radical (unpaired) electrons. The molecule has 1 N–H and O–H groups in total. The third kappa shape index (κ3) is 2.84. The van der Waals surface area contributed by atoms with Gasteiger partial charge in [0, 0.05) is 11.4 Å². The molecule has 0 bridgehead atoms. The molecule has 3 aromatic heterocycles. The number of hydrogen-bond donors (Lipinski definition) is 1. The van der Waals surface area contributed by atoms with Gasteiger partial charge in [-0.1, -0.05) is 0 Å². The fourth-order valence-corrected chi connectivity index (χ4v) is 2.65. The molecule has 0 unspecified atom stereocenters. The number of nitrogens with zero attached hydrogens (tertiary/aromatic N) is 3. The lowest BCUT2D eigenvalue weighted by atomic mass is 10.4. The summed E-state index contributed by atoms with van der Waals surface area (Å²) < 4.78 is 6.89. The number of alkyl halides is 1. The first-order valence-corrected chi connectivity index (χ1v) is 7.51. The van der Waals surface area contributed by atoms with Crippen LogP contribution in [-0.4, -0.2) is 26.6 Å². The second-order valence-electron chi connectivity index (χ2n) is 4.26. The molecule has 0 saturated carbocycles. The van der Waals surface area contributed by atoms with Crippen LogP contribution in [0.2, 0.25) is 0 Å². The molecular weight excluding hydrogens is 312 g/mol. The van der Waals surface area contributed by atoms with Gasteiger partial charge >= 0.3 is 0 Å². The van der Waals surface area contributed by atoms with Gasteiger partial charge in [0.05, 0.1) is 12.0 Å². The van der Waals surface area contributed by atoms with Gasteiger partial charge in [-0.3, -0.25) is 4.79 Å². The van der Waals surface area contributed by atoms with Gasteiger partial charge in [-0.15, -0.1) is 22.9 Å². The lowest BCUT2D eigenvalue weighted by molar-refractivity contribution is -0.114. The molecule has 108 valence electrons. The maximum Gasteiger partial charge on any atom is 0.240 e. The fourth-order valence-electron chi connectivity index (χ4n) is 1.81. The largest absolute Gasteiger partial charge is 0.463 e. The minimum atomic E-state index is -0.291. The average molecular weight is 323 g/mol. The van der Waals surface area contributed by atoms with Gasteiger partial charge in [0.15, 0.2) is 5.76 Å². The highest BCUT2D eigenvalue weighted by atomic mass is 35.5. The second kappa shape index (κ2) is 5.71. The highest BCUT2D eigenvalue weighted by molar-refractivity contribution is 7.12. The first-order valence-electron chi connectivity index (χ1n) is 6.09. The van der Waals surface area contributed by atoms with E-state index in [9.17, 15) is 4.79 Å². The number of amides is 1. The van der Waals surface area contributed by atoms with E-state index in [2.05, 4.69) is 15.4 Å². The van der Waals surface area contributed by atoms with Gasteiger partial charge in [0.2, 0.25) is 11.0 Å². The van der Waals surface area contributed by atoms with Crippen LogP contribution in [0.15, 0.2) is 34.3 Å². The van der Waals surface area contributed by atoms with Crippen LogP contribution < -0.4 is 5.32 Å². The number of furan rings is 1. The summed E-state index contributed by atoms with van der Waals surface area (Å²) in [6.07, 6.45) is 1.60. The predicted octanol–water partition coefficient (Wildman–Crippen LogP) is 3.07. The number of carbonyl (C=O) groups is 1. The lowest BCUT2D eigenvalue weighted by Crippen LogP contribution is -2.15. The standard InChI is InChI=1S/C13H11ClN4O2S/c1-8-5-11(16-12(19)6-14)18(17-8)13-15-9(7-21-13)10-3-2-4-20-10/h2-5,7H,6H2,1H3,(H,16,19). The van der Waals surface area contributed by atoms with Crippen molar-refractivity contribution in [2.45, 2.75) is 6.92 Å². The molecule has 0 aliphatic heterocycles. The van der Waals surface area contributed by atoms with Gasteiger partial charge in [-0.05, 0) is 19.1 Å². The fraction of sp³-hybridized carbons (Fsp3) is 0.154. The molecule has 6 nitrogen and oxygen atoms in total. The van der Waals surface area contributed by atoms with Gasteiger partial charge in [-0.25, -0.2) is 4.98 Å². The highest BCUT2D eigenvalue weighted by Crippen LogP contribution is 2.26. The maximum absolute atomic E-state index is 11.4. The molecule has 0 aliphatic carbocycles. The summed E-state index contributed by atoms with van der Waals surface area (Å²) in [5.74, 6) is 0.826. The molecule has 3 rings (SSSR count). The van der Waals surface area contributed by atoms with Crippen LogP contribution in [0.1, 0.15) is 5.69 Å². The van der Waals surface area contributed by atoms with Crippen molar-refractivity contribution in [1.82, 2.24) is 14.8 Å². The highest BCUT2D eigenvalue weighted by Gasteiger charge is 2.14. The summed E-state index contributed by atoms with van der Waals surface area (Å²) in [5.41, 5.74) is 1.50. The van der Waals surface area contributed by atoms with E-state index in [0.29, 0.717) is 16.7 Å². The Hall–Kier alpha value is -2.12. The number of aromatic nitrogens is 3. The van der Waals surface area contributed by atoms with E-state index in [4.69, 9.17) is 16.0 Å². The number of anilines is 1.